The third kappa shape index (κ3) is 2.63. The fraction of sp³-hybridized carbons (Fsp3) is 0.467. The van der Waals surface area contributed by atoms with Gasteiger partial charge in [-0.3, -0.25) is 0 Å². The lowest BCUT2D eigenvalue weighted by Crippen LogP contribution is -2.17. The van der Waals surface area contributed by atoms with Crippen molar-refractivity contribution < 1.29 is 0 Å². The maximum absolute atomic E-state index is 5.55. The molecule has 15 heavy (non-hydrogen) atoms. The Balaban J connectivity index is 3.22. The minimum Gasteiger partial charge on any atom is -0.119 e. The second-order valence-electron chi connectivity index (χ2n) is 5.60. The molecule has 0 saturated carbocycles. The summed E-state index contributed by atoms with van der Waals surface area (Å²) in [6, 6.07) is 8.58. The SMILES string of the molecule is C#CC(C)(C)c1cccc(C(C)(C)C)c1. The van der Waals surface area contributed by atoms with Crippen LogP contribution >= 0.6 is 0 Å². The van der Waals surface area contributed by atoms with E-state index in [0.717, 1.165) is 0 Å². The molecule has 0 saturated heterocycles. The Morgan fingerprint density at radius 1 is 1.00 bits per heavy atom. The molecule has 0 aliphatic heterocycles. The minimum atomic E-state index is -0.179. The van der Waals surface area contributed by atoms with E-state index in [1.54, 1.807) is 0 Å². The Labute approximate surface area is 93.7 Å². The van der Waals surface area contributed by atoms with Crippen molar-refractivity contribution >= 4 is 0 Å². The van der Waals surface area contributed by atoms with E-state index in [4.69, 9.17) is 6.42 Å². The normalized spacial score (nSPS) is 12.3. The van der Waals surface area contributed by atoms with Gasteiger partial charge in [0.1, 0.15) is 0 Å². The Morgan fingerprint density at radius 2 is 1.53 bits per heavy atom. The number of hydrogen-bond acceptors (Lipinski definition) is 0. The van der Waals surface area contributed by atoms with Gasteiger partial charge in [0.05, 0.1) is 5.41 Å². The van der Waals surface area contributed by atoms with Crippen molar-refractivity contribution in [2.45, 2.75) is 45.4 Å². The summed E-state index contributed by atoms with van der Waals surface area (Å²) < 4.78 is 0. The molecule has 0 heteroatoms. The van der Waals surface area contributed by atoms with E-state index >= 15 is 0 Å². The van der Waals surface area contributed by atoms with Gasteiger partial charge < -0.3 is 0 Å². The van der Waals surface area contributed by atoms with Gasteiger partial charge in [-0.2, -0.15) is 0 Å². The largest absolute Gasteiger partial charge is 0.119 e. The van der Waals surface area contributed by atoms with Crippen LogP contribution in [0, 0.1) is 12.3 Å². The van der Waals surface area contributed by atoms with Crippen LogP contribution in [0.15, 0.2) is 24.3 Å². The molecule has 1 aromatic rings. The van der Waals surface area contributed by atoms with Gasteiger partial charge in [-0.05, 0) is 30.4 Å². The molecule has 0 fully saturated rings. The van der Waals surface area contributed by atoms with Crippen molar-refractivity contribution in [1.82, 2.24) is 0 Å². The van der Waals surface area contributed by atoms with E-state index in [-0.39, 0.29) is 10.8 Å². The van der Waals surface area contributed by atoms with Gasteiger partial charge in [0.25, 0.3) is 0 Å². The lowest BCUT2D eigenvalue weighted by atomic mass is 9.80. The Bertz CT molecular complexity index is 383. The van der Waals surface area contributed by atoms with E-state index in [9.17, 15) is 0 Å². The van der Waals surface area contributed by atoms with Gasteiger partial charge in [-0.25, -0.2) is 0 Å². The first-order valence-corrected chi connectivity index (χ1v) is 5.36. The summed E-state index contributed by atoms with van der Waals surface area (Å²) in [4.78, 5) is 0. The van der Waals surface area contributed by atoms with Crippen LogP contribution in [0.3, 0.4) is 0 Å². The summed E-state index contributed by atoms with van der Waals surface area (Å²) in [5.74, 6) is 2.84. The maximum Gasteiger partial charge on any atom is 0.0504 e. The highest BCUT2D eigenvalue weighted by Gasteiger charge is 2.20. The molecule has 0 unspecified atom stereocenters. The van der Waals surface area contributed by atoms with Crippen LogP contribution in [0.5, 0.6) is 0 Å². The van der Waals surface area contributed by atoms with Crippen molar-refractivity contribution in [3.63, 3.8) is 0 Å². The van der Waals surface area contributed by atoms with Crippen molar-refractivity contribution in [3.05, 3.63) is 35.4 Å². The third-order valence-corrected chi connectivity index (χ3v) is 2.81. The van der Waals surface area contributed by atoms with Crippen LogP contribution in [0.4, 0.5) is 0 Å². The van der Waals surface area contributed by atoms with Crippen LogP contribution in [0.1, 0.15) is 45.7 Å². The monoisotopic (exact) mass is 200 g/mol. The fourth-order valence-electron chi connectivity index (χ4n) is 1.46. The summed E-state index contributed by atoms with van der Waals surface area (Å²) in [6.07, 6.45) is 5.55. The molecule has 0 aliphatic rings. The summed E-state index contributed by atoms with van der Waals surface area (Å²) in [5, 5.41) is 0. The highest BCUT2D eigenvalue weighted by atomic mass is 14.2. The molecular weight excluding hydrogens is 180 g/mol. The molecule has 0 bridgehead atoms. The second-order valence-corrected chi connectivity index (χ2v) is 5.60. The predicted octanol–water partition coefficient (Wildman–Crippen LogP) is 3.89. The van der Waals surface area contributed by atoms with Crippen LogP contribution in [-0.4, -0.2) is 0 Å². The predicted molar refractivity (Wildman–Crippen MR) is 67.0 cm³/mol. The molecule has 0 amide bonds. The summed E-state index contributed by atoms with van der Waals surface area (Å²) >= 11 is 0. The van der Waals surface area contributed by atoms with Crippen LogP contribution < -0.4 is 0 Å². The molecule has 0 radical (unpaired) electrons. The van der Waals surface area contributed by atoms with Crippen LogP contribution in [0.2, 0.25) is 0 Å². The molecule has 0 nitrogen and oxygen atoms in total. The Kier molecular flexibility index (Phi) is 2.95. The number of hydrogen-bond donors (Lipinski definition) is 0. The molecule has 0 aliphatic carbocycles. The van der Waals surface area contributed by atoms with Crippen molar-refractivity contribution in [1.29, 1.82) is 0 Å². The average molecular weight is 200 g/mol. The lowest BCUT2D eigenvalue weighted by molar-refractivity contribution is 0.586. The van der Waals surface area contributed by atoms with Crippen molar-refractivity contribution in [2.75, 3.05) is 0 Å². The molecule has 0 aromatic heterocycles. The first-order chi connectivity index (χ1) is 6.77. The van der Waals surface area contributed by atoms with Crippen LogP contribution in [0.25, 0.3) is 0 Å². The Hall–Kier alpha value is -1.22. The van der Waals surface area contributed by atoms with E-state index in [0.29, 0.717) is 0 Å². The van der Waals surface area contributed by atoms with E-state index in [1.807, 2.05) is 0 Å². The summed E-state index contributed by atoms with van der Waals surface area (Å²) in [7, 11) is 0. The zero-order chi connectivity index (χ0) is 11.7. The highest BCUT2D eigenvalue weighted by molar-refractivity contribution is 5.37. The third-order valence-electron chi connectivity index (χ3n) is 2.81. The first-order valence-electron chi connectivity index (χ1n) is 5.36. The maximum atomic E-state index is 5.55. The zero-order valence-electron chi connectivity index (χ0n) is 10.4. The van der Waals surface area contributed by atoms with Crippen molar-refractivity contribution in [3.8, 4) is 12.3 Å². The average Bonchev–Trinajstić information content (AvgIpc) is 2.17. The number of terminal acetylenes is 1. The van der Waals surface area contributed by atoms with Gasteiger partial charge in [0.2, 0.25) is 0 Å². The summed E-state index contributed by atoms with van der Waals surface area (Å²) in [5.41, 5.74) is 2.56. The topological polar surface area (TPSA) is 0 Å². The van der Waals surface area contributed by atoms with Gasteiger partial charge in [0, 0.05) is 0 Å². The van der Waals surface area contributed by atoms with E-state index in [1.165, 1.54) is 11.1 Å². The Morgan fingerprint density at radius 3 is 2.00 bits per heavy atom. The number of rotatable bonds is 1. The van der Waals surface area contributed by atoms with Gasteiger partial charge in [-0.1, -0.05) is 51.0 Å². The molecule has 1 aromatic carbocycles. The van der Waals surface area contributed by atoms with Gasteiger partial charge in [-0.15, -0.1) is 6.42 Å². The second kappa shape index (κ2) is 3.74. The fourth-order valence-corrected chi connectivity index (χ4v) is 1.46. The lowest BCUT2D eigenvalue weighted by Gasteiger charge is -2.24. The molecule has 0 atom stereocenters. The first kappa shape index (κ1) is 11.9. The van der Waals surface area contributed by atoms with Crippen LogP contribution in [-0.2, 0) is 10.8 Å². The van der Waals surface area contributed by atoms with E-state index < -0.39 is 0 Å². The molecule has 0 N–H and O–H groups in total. The smallest absolute Gasteiger partial charge is 0.0504 e. The highest BCUT2D eigenvalue weighted by Crippen LogP contribution is 2.28. The molecule has 0 heterocycles. The molecule has 0 spiro atoms. The molecule has 80 valence electrons. The van der Waals surface area contributed by atoms with Crippen molar-refractivity contribution in [2.24, 2.45) is 0 Å². The standard InChI is InChI=1S/C15H20/c1-7-15(5,6)13-10-8-9-12(11-13)14(2,3)4/h1,8-11H,2-6H3. The molecular formula is C15H20. The van der Waals surface area contributed by atoms with Gasteiger partial charge >= 0.3 is 0 Å². The summed E-state index contributed by atoms with van der Waals surface area (Å²) in [6.45, 7) is 10.8. The molecule has 1 rings (SSSR count). The quantitative estimate of drug-likeness (QED) is 0.603. The van der Waals surface area contributed by atoms with Gasteiger partial charge in [0.15, 0.2) is 0 Å². The minimum absolute atomic E-state index is 0.179. The number of benzene rings is 1. The zero-order valence-corrected chi connectivity index (χ0v) is 10.4. The van der Waals surface area contributed by atoms with E-state index in [2.05, 4.69) is 64.8 Å².